The Morgan fingerprint density at radius 2 is 1.96 bits per heavy atom. The van der Waals surface area contributed by atoms with Crippen molar-refractivity contribution in [3.05, 3.63) is 29.2 Å². The highest BCUT2D eigenvalue weighted by Gasteiger charge is 2.42. The van der Waals surface area contributed by atoms with Gasteiger partial charge in [0.1, 0.15) is 6.10 Å². The lowest BCUT2D eigenvalue weighted by Gasteiger charge is -2.28. The number of aryl methyl sites for hydroxylation is 1. The summed E-state index contributed by atoms with van der Waals surface area (Å²) in [5, 5.41) is 8.02. The van der Waals surface area contributed by atoms with Crippen LogP contribution in [0.1, 0.15) is 54.8 Å². The molecule has 1 saturated carbocycles. The fourth-order valence-corrected chi connectivity index (χ4v) is 4.05. The van der Waals surface area contributed by atoms with Crippen molar-refractivity contribution in [3.8, 4) is 0 Å². The Kier molecular flexibility index (Phi) is 4.64. The lowest BCUT2D eigenvalue weighted by Crippen LogP contribution is -2.34. The van der Waals surface area contributed by atoms with E-state index in [9.17, 15) is 13.2 Å². The van der Waals surface area contributed by atoms with Gasteiger partial charge in [0.25, 0.3) is 0 Å². The third-order valence-corrected chi connectivity index (χ3v) is 5.47. The first-order valence-electron chi connectivity index (χ1n) is 9.18. The monoisotopic (exact) mass is 368 g/mol. The second kappa shape index (κ2) is 6.81. The molecule has 8 heteroatoms. The summed E-state index contributed by atoms with van der Waals surface area (Å²) >= 11 is 0. The first kappa shape index (κ1) is 17.7. The van der Waals surface area contributed by atoms with Crippen LogP contribution in [-0.4, -0.2) is 40.5 Å². The molecule has 0 amide bonds. The topological polar surface area (TPSA) is 51.5 Å². The molecule has 3 heterocycles. The Balaban J connectivity index is 1.60. The molecule has 26 heavy (non-hydrogen) atoms. The minimum absolute atomic E-state index is 0.0638. The maximum Gasteiger partial charge on any atom is 0.391 e. The highest BCUT2D eigenvalue weighted by Crippen LogP contribution is 2.42. The van der Waals surface area contributed by atoms with Crippen LogP contribution in [0.3, 0.4) is 0 Å². The van der Waals surface area contributed by atoms with Gasteiger partial charge < -0.3 is 10.1 Å². The molecule has 1 atom stereocenters. The summed E-state index contributed by atoms with van der Waals surface area (Å²) in [4.78, 5) is 4.55. The number of hydrogen-bond acceptors (Lipinski definition) is 4. The van der Waals surface area contributed by atoms with Gasteiger partial charge in [-0.05, 0) is 38.7 Å². The standard InChI is InChI=1S/C18H23F3N4O/c1-11-8-15(16-10-22-6-7-26-16)25-17(23-11)9-14(24-25)12-2-4-13(5-3-12)18(19,20)21/h8-9,12-13,16,22H,2-7,10H2,1H3/t12-,13-,16-/m1/s1. The smallest absolute Gasteiger partial charge is 0.369 e. The van der Waals surface area contributed by atoms with Crippen molar-refractivity contribution in [2.75, 3.05) is 19.7 Å². The fraction of sp³-hybridized carbons (Fsp3) is 0.667. The number of halogens is 3. The van der Waals surface area contributed by atoms with E-state index in [2.05, 4.69) is 10.3 Å². The third-order valence-electron chi connectivity index (χ3n) is 5.47. The van der Waals surface area contributed by atoms with Crippen LogP contribution >= 0.6 is 0 Å². The predicted molar refractivity (Wildman–Crippen MR) is 90.0 cm³/mol. The van der Waals surface area contributed by atoms with Crippen molar-refractivity contribution < 1.29 is 17.9 Å². The molecule has 142 valence electrons. The van der Waals surface area contributed by atoms with E-state index in [1.54, 1.807) is 4.52 Å². The second-order valence-electron chi connectivity index (χ2n) is 7.32. The summed E-state index contributed by atoms with van der Waals surface area (Å²) in [6, 6.07) is 3.90. The van der Waals surface area contributed by atoms with E-state index in [0.717, 1.165) is 29.3 Å². The average Bonchev–Trinajstić information content (AvgIpc) is 3.05. The number of nitrogens with zero attached hydrogens (tertiary/aromatic N) is 3. The van der Waals surface area contributed by atoms with Crippen LogP contribution in [0.25, 0.3) is 5.65 Å². The summed E-state index contributed by atoms with van der Waals surface area (Å²) in [6.07, 6.45) is -2.79. The maximum absolute atomic E-state index is 12.9. The first-order chi connectivity index (χ1) is 12.4. The summed E-state index contributed by atoms with van der Waals surface area (Å²) in [6.45, 7) is 4.12. The SMILES string of the molecule is Cc1cc([C@H]2CNCCO2)n2nc([C@H]3CC[C@H](C(F)(F)F)CC3)cc2n1. The Morgan fingerprint density at radius 3 is 2.62 bits per heavy atom. The van der Waals surface area contributed by atoms with E-state index >= 15 is 0 Å². The summed E-state index contributed by atoms with van der Waals surface area (Å²) in [5.74, 6) is -1.11. The number of nitrogens with one attached hydrogen (secondary N) is 1. The van der Waals surface area contributed by atoms with Crippen LogP contribution in [0.15, 0.2) is 12.1 Å². The molecular formula is C18H23F3N4O. The summed E-state index contributed by atoms with van der Waals surface area (Å²) in [5.41, 5.74) is 3.40. The summed E-state index contributed by atoms with van der Waals surface area (Å²) < 4.78 is 46.3. The lowest BCUT2D eigenvalue weighted by atomic mass is 9.80. The fourth-order valence-electron chi connectivity index (χ4n) is 4.05. The normalized spacial score (nSPS) is 27.8. The molecule has 2 aromatic rings. The molecule has 1 aliphatic carbocycles. The van der Waals surface area contributed by atoms with Crippen molar-refractivity contribution in [3.63, 3.8) is 0 Å². The average molecular weight is 368 g/mol. The maximum atomic E-state index is 12.9. The molecule has 1 saturated heterocycles. The zero-order valence-electron chi connectivity index (χ0n) is 14.7. The molecule has 0 spiro atoms. The molecule has 0 radical (unpaired) electrons. The highest BCUT2D eigenvalue weighted by atomic mass is 19.4. The molecule has 0 aromatic carbocycles. The van der Waals surface area contributed by atoms with Gasteiger partial charge in [-0.1, -0.05) is 0 Å². The number of morpholine rings is 1. The Bertz CT molecular complexity index is 775. The molecule has 2 aromatic heterocycles. The van der Waals surface area contributed by atoms with Crippen molar-refractivity contribution >= 4 is 5.65 Å². The van der Waals surface area contributed by atoms with Gasteiger partial charge in [-0.25, -0.2) is 9.50 Å². The van der Waals surface area contributed by atoms with Crippen molar-refractivity contribution in [2.24, 2.45) is 5.92 Å². The summed E-state index contributed by atoms with van der Waals surface area (Å²) in [7, 11) is 0. The first-order valence-corrected chi connectivity index (χ1v) is 9.18. The minimum atomic E-state index is -4.08. The van der Waals surface area contributed by atoms with Crippen LogP contribution in [-0.2, 0) is 4.74 Å². The van der Waals surface area contributed by atoms with E-state index < -0.39 is 12.1 Å². The van der Waals surface area contributed by atoms with Crippen molar-refractivity contribution in [2.45, 2.75) is 50.8 Å². The van der Waals surface area contributed by atoms with Gasteiger partial charge in [-0.2, -0.15) is 18.3 Å². The molecule has 4 rings (SSSR count). The van der Waals surface area contributed by atoms with E-state index in [0.29, 0.717) is 26.0 Å². The predicted octanol–water partition coefficient (Wildman–Crippen LogP) is 3.53. The number of aromatic nitrogens is 3. The largest absolute Gasteiger partial charge is 0.391 e. The van der Waals surface area contributed by atoms with E-state index in [1.165, 1.54) is 0 Å². The van der Waals surface area contributed by atoms with Crippen LogP contribution < -0.4 is 5.32 Å². The molecule has 5 nitrogen and oxygen atoms in total. The van der Waals surface area contributed by atoms with Gasteiger partial charge in [0.05, 0.1) is 23.9 Å². The zero-order chi connectivity index (χ0) is 18.3. The molecule has 1 aliphatic heterocycles. The van der Waals surface area contributed by atoms with Gasteiger partial charge in [0.15, 0.2) is 5.65 Å². The highest BCUT2D eigenvalue weighted by molar-refractivity contribution is 5.43. The third kappa shape index (κ3) is 3.44. The Morgan fingerprint density at radius 1 is 1.19 bits per heavy atom. The van der Waals surface area contributed by atoms with Gasteiger partial charge in [-0.15, -0.1) is 0 Å². The number of hydrogen-bond donors (Lipinski definition) is 1. The van der Waals surface area contributed by atoms with Gasteiger partial charge in [0.2, 0.25) is 0 Å². The molecular weight excluding hydrogens is 345 g/mol. The van der Waals surface area contributed by atoms with Gasteiger partial charge in [-0.3, -0.25) is 0 Å². The van der Waals surface area contributed by atoms with E-state index in [1.807, 2.05) is 19.1 Å². The van der Waals surface area contributed by atoms with Crippen LogP contribution in [0.4, 0.5) is 13.2 Å². The van der Waals surface area contributed by atoms with Gasteiger partial charge in [0, 0.05) is 30.8 Å². The van der Waals surface area contributed by atoms with E-state index in [-0.39, 0.29) is 24.9 Å². The number of ether oxygens (including phenoxy) is 1. The van der Waals surface area contributed by atoms with Crippen molar-refractivity contribution in [1.29, 1.82) is 0 Å². The molecule has 0 unspecified atom stereocenters. The second-order valence-corrected chi connectivity index (χ2v) is 7.32. The van der Waals surface area contributed by atoms with Crippen LogP contribution in [0.5, 0.6) is 0 Å². The molecule has 2 aliphatic rings. The molecule has 1 N–H and O–H groups in total. The molecule has 0 bridgehead atoms. The number of rotatable bonds is 2. The van der Waals surface area contributed by atoms with Crippen LogP contribution in [0, 0.1) is 12.8 Å². The lowest BCUT2D eigenvalue weighted by molar-refractivity contribution is -0.182. The van der Waals surface area contributed by atoms with E-state index in [4.69, 9.17) is 9.84 Å². The quantitative estimate of drug-likeness (QED) is 0.881. The number of fused-ring (bicyclic) bond motifs is 1. The Labute approximate surface area is 149 Å². The Hall–Kier alpha value is -1.67. The minimum Gasteiger partial charge on any atom is -0.369 e. The van der Waals surface area contributed by atoms with Crippen molar-refractivity contribution in [1.82, 2.24) is 19.9 Å². The van der Waals surface area contributed by atoms with Crippen LogP contribution in [0.2, 0.25) is 0 Å². The zero-order valence-corrected chi connectivity index (χ0v) is 14.7. The number of alkyl halides is 3. The molecule has 2 fully saturated rings. The van der Waals surface area contributed by atoms with Gasteiger partial charge >= 0.3 is 6.18 Å².